The molecule has 0 aliphatic carbocycles. The third-order valence-electron chi connectivity index (χ3n) is 9.06. The number of unbranched alkanes of at least 4 members (excludes halogenated alkanes) is 22. The molecule has 0 aromatic carbocycles. The first-order valence-electron chi connectivity index (χ1n) is 20.5. The second-order valence-corrected chi connectivity index (χ2v) is 13.7. The first kappa shape index (κ1) is 45.2. The van der Waals surface area contributed by atoms with Crippen LogP contribution in [0.2, 0.25) is 0 Å². The number of rotatable bonds is 37. The standard InChI is InChI=1S/C42H79N3O2/c1-4-7-9-11-13-15-17-19-21-23-25-27-29-31-33-35-41(46)43-37-39-45(38-6-3)40-44-42(47)36-34-32-30-28-26-24-22-20-18-16-14-12-10-8-5-2/h19-22H,3-18,23-40H2,1-2H3,(H-,43,44,46,47)/p+1/b21-19-,22-20-. The molecule has 0 saturated carbocycles. The van der Waals surface area contributed by atoms with Crippen LogP contribution in [-0.4, -0.2) is 43.0 Å². The highest BCUT2D eigenvalue weighted by Crippen LogP contribution is 2.11. The number of allylic oxidation sites excluding steroid dienone is 4. The molecule has 0 rings (SSSR count). The molecule has 2 N–H and O–H groups in total. The molecule has 0 bridgehead atoms. The second kappa shape index (κ2) is 38.7. The van der Waals surface area contributed by atoms with E-state index in [9.17, 15) is 9.59 Å². The van der Waals surface area contributed by atoms with Gasteiger partial charge in [-0.15, -0.1) is 0 Å². The highest BCUT2D eigenvalue weighted by molar-refractivity contribution is 5.76. The molecule has 0 spiro atoms. The lowest BCUT2D eigenvalue weighted by Crippen LogP contribution is -2.42. The quantitative estimate of drug-likeness (QED) is 0.0302. The van der Waals surface area contributed by atoms with Gasteiger partial charge in [-0.05, 0) is 64.2 Å². The molecule has 0 fully saturated rings. The number of carbonyl (C=O) groups is 2. The van der Waals surface area contributed by atoms with Crippen LogP contribution in [0.3, 0.4) is 0 Å². The highest BCUT2D eigenvalue weighted by Gasteiger charge is 2.09. The van der Waals surface area contributed by atoms with Gasteiger partial charge in [-0.1, -0.05) is 141 Å². The normalized spacial score (nSPS) is 11.7. The van der Waals surface area contributed by atoms with E-state index in [2.05, 4.69) is 60.6 Å². The van der Waals surface area contributed by atoms with Crippen molar-refractivity contribution in [1.29, 1.82) is 0 Å². The van der Waals surface area contributed by atoms with Crippen LogP contribution >= 0.6 is 0 Å². The van der Waals surface area contributed by atoms with Crippen LogP contribution in [0.25, 0.3) is 0 Å². The van der Waals surface area contributed by atoms with Gasteiger partial charge in [0.2, 0.25) is 11.8 Å². The molecule has 0 atom stereocenters. The van der Waals surface area contributed by atoms with Crippen LogP contribution in [0.15, 0.2) is 24.3 Å². The Morgan fingerprint density at radius 1 is 0.489 bits per heavy atom. The third kappa shape index (κ3) is 36.9. The zero-order valence-electron chi connectivity index (χ0n) is 31.6. The van der Waals surface area contributed by atoms with Gasteiger partial charge >= 0.3 is 0 Å². The SMILES string of the molecule is [CH2+]CCN(CCNC(=O)CCCCCCC/C=C\CCCCCCCC)CNC(=O)CCCCCCC/C=C\CCCCCCCC. The minimum atomic E-state index is 0.130. The predicted octanol–water partition coefficient (Wildman–Crippen LogP) is 11.8. The van der Waals surface area contributed by atoms with Crippen molar-refractivity contribution in [3.05, 3.63) is 31.2 Å². The van der Waals surface area contributed by atoms with E-state index in [1.54, 1.807) is 0 Å². The molecule has 0 heterocycles. The minimum absolute atomic E-state index is 0.130. The van der Waals surface area contributed by atoms with E-state index in [0.717, 1.165) is 45.2 Å². The van der Waals surface area contributed by atoms with Gasteiger partial charge in [-0.2, -0.15) is 0 Å². The lowest BCUT2D eigenvalue weighted by molar-refractivity contribution is -0.122. The van der Waals surface area contributed by atoms with Gasteiger partial charge in [0.1, 0.15) is 0 Å². The van der Waals surface area contributed by atoms with Crippen molar-refractivity contribution in [2.75, 3.05) is 26.3 Å². The smallest absolute Gasteiger partial charge is 0.220 e. The van der Waals surface area contributed by atoms with E-state index in [1.807, 2.05) is 0 Å². The van der Waals surface area contributed by atoms with Gasteiger partial charge in [0.15, 0.2) is 0 Å². The number of hydrogen-bond acceptors (Lipinski definition) is 3. The number of nitrogens with one attached hydrogen (secondary N) is 2. The summed E-state index contributed by atoms with van der Waals surface area (Å²) >= 11 is 0. The molecule has 5 heteroatoms. The van der Waals surface area contributed by atoms with Crippen LogP contribution in [0.5, 0.6) is 0 Å². The average Bonchev–Trinajstić information content (AvgIpc) is 3.07. The largest absolute Gasteiger partial charge is 0.355 e. The van der Waals surface area contributed by atoms with Gasteiger partial charge < -0.3 is 10.6 Å². The van der Waals surface area contributed by atoms with E-state index < -0.39 is 0 Å². The third-order valence-corrected chi connectivity index (χ3v) is 9.06. The highest BCUT2D eigenvalue weighted by atomic mass is 16.2. The van der Waals surface area contributed by atoms with E-state index in [4.69, 9.17) is 0 Å². The summed E-state index contributed by atoms with van der Waals surface area (Å²) in [6.45, 7) is 11.2. The van der Waals surface area contributed by atoms with Crippen molar-refractivity contribution in [3.8, 4) is 0 Å². The molecule has 0 aromatic rings. The van der Waals surface area contributed by atoms with Crippen molar-refractivity contribution in [3.63, 3.8) is 0 Å². The second-order valence-electron chi connectivity index (χ2n) is 13.7. The molecule has 274 valence electrons. The zero-order chi connectivity index (χ0) is 34.3. The summed E-state index contributed by atoms with van der Waals surface area (Å²) in [4.78, 5) is 26.8. The van der Waals surface area contributed by atoms with Gasteiger partial charge in [0.05, 0.1) is 20.0 Å². The number of hydrogen-bond donors (Lipinski definition) is 2. The number of nitrogens with zero attached hydrogens (tertiary/aromatic N) is 1. The Balaban J connectivity index is 3.64. The lowest BCUT2D eigenvalue weighted by Gasteiger charge is -2.21. The maximum atomic E-state index is 12.4. The predicted molar refractivity (Wildman–Crippen MR) is 206 cm³/mol. The maximum Gasteiger partial charge on any atom is 0.220 e. The molecular weight excluding hydrogens is 578 g/mol. The van der Waals surface area contributed by atoms with Gasteiger partial charge in [0, 0.05) is 32.5 Å². The molecule has 0 aromatic heterocycles. The first-order valence-corrected chi connectivity index (χ1v) is 20.5. The fraction of sp³-hybridized carbons (Fsp3) is 0.833. The van der Waals surface area contributed by atoms with Crippen molar-refractivity contribution in [1.82, 2.24) is 15.5 Å². The Hall–Kier alpha value is -1.75. The fourth-order valence-corrected chi connectivity index (χ4v) is 5.94. The van der Waals surface area contributed by atoms with Crippen LogP contribution in [0, 0.1) is 6.92 Å². The molecule has 0 aliphatic rings. The summed E-state index contributed by atoms with van der Waals surface area (Å²) in [5, 5.41) is 6.14. The van der Waals surface area contributed by atoms with Crippen LogP contribution in [0.4, 0.5) is 0 Å². The molecule has 0 radical (unpaired) electrons. The molecule has 0 aliphatic heterocycles. The van der Waals surface area contributed by atoms with Crippen LogP contribution in [0.1, 0.15) is 200 Å². The fourth-order valence-electron chi connectivity index (χ4n) is 5.94. The summed E-state index contributed by atoms with van der Waals surface area (Å²) in [6.07, 6.45) is 44.4. The van der Waals surface area contributed by atoms with E-state index in [1.165, 1.54) is 141 Å². The van der Waals surface area contributed by atoms with Gasteiger partial charge in [-0.25, -0.2) is 0 Å². The van der Waals surface area contributed by atoms with Crippen molar-refractivity contribution < 1.29 is 9.59 Å². The zero-order valence-corrected chi connectivity index (χ0v) is 31.6. The van der Waals surface area contributed by atoms with E-state index >= 15 is 0 Å². The number of carbonyl (C=O) groups excluding carboxylic acids is 2. The average molecular weight is 659 g/mol. The van der Waals surface area contributed by atoms with Crippen molar-refractivity contribution >= 4 is 11.8 Å². The monoisotopic (exact) mass is 659 g/mol. The Morgan fingerprint density at radius 3 is 1.26 bits per heavy atom. The van der Waals surface area contributed by atoms with Crippen molar-refractivity contribution in [2.24, 2.45) is 0 Å². The molecule has 0 unspecified atom stereocenters. The van der Waals surface area contributed by atoms with Crippen molar-refractivity contribution in [2.45, 2.75) is 200 Å². The molecule has 0 saturated heterocycles. The molecular formula is C42H80N3O2+. The van der Waals surface area contributed by atoms with E-state index in [-0.39, 0.29) is 11.8 Å². The van der Waals surface area contributed by atoms with E-state index in [0.29, 0.717) is 26.1 Å². The summed E-state index contributed by atoms with van der Waals surface area (Å²) in [5.74, 6) is 0.273. The Kier molecular flexibility index (Phi) is 37.3. The number of amides is 2. The summed E-state index contributed by atoms with van der Waals surface area (Å²) in [5.41, 5.74) is 0. The molecule has 2 amide bonds. The Labute approximate surface area is 294 Å². The van der Waals surface area contributed by atoms with Crippen LogP contribution in [-0.2, 0) is 9.59 Å². The van der Waals surface area contributed by atoms with Gasteiger partial charge in [-0.3, -0.25) is 14.5 Å². The summed E-state index contributed by atoms with van der Waals surface area (Å²) in [7, 11) is 0. The van der Waals surface area contributed by atoms with Crippen LogP contribution < -0.4 is 10.6 Å². The molecule has 5 nitrogen and oxygen atoms in total. The topological polar surface area (TPSA) is 61.4 Å². The summed E-state index contributed by atoms with van der Waals surface area (Å²) in [6, 6.07) is 0. The Morgan fingerprint density at radius 2 is 0.851 bits per heavy atom. The summed E-state index contributed by atoms with van der Waals surface area (Å²) < 4.78 is 0. The first-order chi connectivity index (χ1) is 23.1. The molecule has 47 heavy (non-hydrogen) atoms. The maximum absolute atomic E-state index is 12.4. The minimum Gasteiger partial charge on any atom is -0.355 e. The lowest BCUT2D eigenvalue weighted by atomic mass is 10.1. The Bertz CT molecular complexity index is 721. The van der Waals surface area contributed by atoms with Gasteiger partial charge in [0.25, 0.3) is 0 Å².